The van der Waals surface area contributed by atoms with Crippen molar-refractivity contribution in [2.45, 2.75) is 20.0 Å². The zero-order valence-electron chi connectivity index (χ0n) is 12.2. The summed E-state index contributed by atoms with van der Waals surface area (Å²) in [5.74, 6) is 0. The summed E-state index contributed by atoms with van der Waals surface area (Å²) >= 11 is 0. The molecule has 0 aliphatic heterocycles. The van der Waals surface area contributed by atoms with E-state index in [4.69, 9.17) is 0 Å². The van der Waals surface area contributed by atoms with Crippen LogP contribution in [-0.2, 0) is 20.1 Å². The fourth-order valence-corrected chi connectivity index (χ4v) is 2.26. The minimum absolute atomic E-state index is 0.745. The Hall–Kier alpha value is -2.47. The molecule has 6 heteroatoms. The van der Waals surface area contributed by atoms with Gasteiger partial charge in [0.2, 0.25) is 0 Å². The first kappa shape index (κ1) is 13.5. The molecular formula is C15H18N6. The van der Waals surface area contributed by atoms with E-state index in [2.05, 4.69) is 32.5 Å². The molecule has 0 atom stereocenters. The molecule has 2 N–H and O–H groups in total. The Morgan fingerprint density at radius 3 is 2.76 bits per heavy atom. The number of aromatic amines is 1. The van der Waals surface area contributed by atoms with E-state index in [0.29, 0.717) is 0 Å². The van der Waals surface area contributed by atoms with E-state index in [9.17, 15) is 0 Å². The van der Waals surface area contributed by atoms with Crippen molar-refractivity contribution in [1.29, 1.82) is 0 Å². The van der Waals surface area contributed by atoms with Gasteiger partial charge in [0.25, 0.3) is 0 Å². The zero-order valence-corrected chi connectivity index (χ0v) is 12.2. The van der Waals surface area contributed by atoms with Crippen molar-refractivity contribution in [2.75, 3.05) is 0 Å². The molecule has 0 saturated carbocycles. The Morgan fingerprint density at radius 2 is 2.05 bits per heavy atom. The standard InChI is InChI=1S/C15H18N6/c1-11-13(10-19-21(11)2)7-17-8-14-9-18-20-15(14)12-4-3-5-16-6-12/h3-6,9-10,17H,7-8H2,1-2H3,(H,18,20). The van der Waals surface area contributed by atoms with Crippen LogP contribution in [0, 0.1) is 6.92 Å². The van der Waals surface area contributed by atoms with Crippen molar-refractivity contribution < 1.29 is 0 Å². The highest BCUT2D eigenvalue weighted by atomic mass is 15.3. The van der Waals surface area contributed by atoms with Crippen molar-refractivity contribution >= 4 is 0 Å². The van der Waals surface area contributed by atoms with Crippen LogP contribution in [0.5, 0.6) is 0 Å². The number of hydrogen-bond donors (Lipinski definition) is 2. The van der Waals surface area contributed by atoms with Gasteiger partial charge in [0.1, 0.15) is 0 Å². The Labute approximate surface area is 123 Å². The van der Waals surface area contributed by atoms with Gasteiger partial charge in [-0.25, -0.2) is 0 Å². The van der Waals surface area contributed by atoms with Gasteiger partial charge in [-0.15, -0.1) is 0 Å². The monoisotopic (exact) mass is 282 g/mol. The van der Waals surface area contributed by atoms with E-state index < -0.39 is 0 Å². The number of aryl methyl sites for hydroxylation is 1. The first-order valence-corrected chi connectivity index (χ1v) is 6.86. The fraction of sp³-hybridized carbons (Fsp3) is 0.267. The minimum atomic E-state index is 0.745. The molecule has 0 saturated heterocycles. The highest BCUT2D eigenvalue weighted by Gasteiger charge is 2.08. The molecule has 0 amide bonds. The number of H-pyrrole nitrogens is 1. The summed E-state index contributed by atoms with van der Waals surface area (Å²) in [5.41, 5.74) is 5.58. The van der Waals surface area contributed by atoms with Crippen LogP contribution in [0.3, 0.4) is 0 Å². The Bertz CT molecular complexity index is 713. The summed E-state index contributed by atoms with van der Waals surface area (Å²) in [6.07, 6.45) is 7.36. The van der Waals surface area contributed by atoms with Gasteiger partial charge >= 0.3 is 0 Å². The van der Waals surface area contributed by atoms with Gasteiger partial charge in [-0.05, 0) is 19.1 Å². The SMILES string of the molecule is Cc1c(CNCc2cn[nH]c2-c2cccnc2)cnn1C. The quantitative estimate of drug-likeness (QED) is 0.748. The van der Waals surface area contributed by atoms with E-state index in [0.717, 1.165) is 29.9 Å². The first-order valence-electron chi connectivity index (χ1n) is 6.86. The highest BCUT2D eigenvalue weighted by molar-refractivity contribution is 5.61. The number of hydrogen-bond acceptors (Lipinski definition) is 4. The van der Waals surface area contributed by atoms with Crippen LogP contribution in [0.4, 0.5) is 0 Å². The largest absolute Gasteiger partial charge is 0.308 e. The van der Waals surface area contributed by atoms with E-state index >= 15 is 0 Å². The molecule has 0 spiro atoms. The van der Waals surface area contributed by atoms with Gasteiger partial charge in [-0.3, -0.25) is 14.8 Å². The predicted molar refractivity (Wildman–Crippen MR) is 80.3 cm³/mol. The van der Waals surface area contributed by atoms with Gasteiger partial charge in [0.05, 0.1) is 18.1 Å². The molecule has 0 aromatic carbocycles. The topological polar surface area (TPSA) is 71.4 Å². The van der Waals surface area contributed by atoms with Gasteiger partial charge in [0, 0.05) is 54.9 Å². The Balaban J connectivity index is 1.67. The second kappa shape index (κ2) is 5.88. The van der Waals surface area contributed by atoms with Crippen molar-refractivity contribution in [3.8, 4) is 11.3 Å². The normalized spacial score (nSPS) is 11.0. The number of pyridine rings is 1. The third-order valence-electron chi connectivity index (χ3n) is 3.64. The predicted octanol–water partition coefficient (Wildman–Crippen LogP) is 1.80. The lowest BCUT2D eigenvalue weighted by Crippen LogP contribution is -2.13. The second-order valence-corrected chi connectivity index (χ2v) is 4.99. The molecule has 21 heavy (non-hydrogen) atoms. The molecule has 0 aliphatic rings. The van der Waals surface area contributed by atoms with Crippen LogP contribution in [-0.4, -0.2) is 25.0 Å². The minimum Gasteiger partial charge on any atom is -0.308 e. The summed E-state index contributed by atoms with van der Waals surface area (Å²) in [5, 5.41) is 14.9. The average Bonchev–Trinajstić information content (AvgIpc) is 3.10. The molecule has 3 aromatic heterocycles. The fourth-order valence-electron chi connectivity index (χ4n) is 2.26. The van der Waals surface area contributed by atoms with Crippen molar-refractivity contribution in [2.24, 2.45) is 7.05 Å². The number of nitrogens with one attached hydrogen (secondary N) is 2. The second-order valence-electron chi connectivity index (χ2n) is 4.99. The van der Waals surface area contributed by atoms with Crippen molar-refractivity contribution in [3.05, 3.63) is 53.7 Å². The van der Waals surface area contributed by atoms with Crippen LogP contribution < -0.4 is 5.32 Å². The number of rotatable bonds is 5. The summed E-state index contributed by atoms with van der Waals surface area (Å²) in [6.45, 7) is 3.61. The molecule has 0 bridgehead atoms. The third kappa shape index (κ3) is 2.85. The van der Waals surface area contributed by atoms with Crippen molar-refractivity contribution in [3.63, 3.8) is 0 Å². The van der Waals surface area contributed by atoms with Crippen LogP contribution in [0.15, 0.2) is 36.9 Å². The average molecular weight is 282 g/mol. The van der Waals surface area contributed by atoms with Crippen LogP contribution in [0.2, 0.25) is 0 Å². The molecule has 6 nitrogen and oxygen atoms in total. The van der Waals surface area contributed by atoms with E-state index in [-0.39, 0.29) is 0 Å². The molecule has 0 fully saturated rings. The Morgan fingerprint density at radius 1 is 1.19 bits per heavy atom. The maximum atomic E-state index is 4.25. The molecule has 0 radical (unpaired) electrons. The summed E-state index contributed by atoms with van der Waals surface area (Å²) < 4.78 is 1.88. The van der Waals surface area contributed by atoms with Gasteiger partial charge in [0.15, 0.2) is 0 Å². The smallest absolute Gasteiger partial charge is 0.0710 e. The van der Waals surface area contributed by atoms with Gasteiger partial charge < -0.3 is 5.32 Å². The molecule has 0 unspecified atom stereocenters. The van der Waals surface area contributed by atoms with Gasteiger partial charge in [-0.2, -0.15) is 10.2 Å². The summed E-state index contributed by atoms with van der Waals surface area (Å²) in [6, 6.07) is 3.95. The van der Waals surface area contributed by atoms with E-state index in [1.54, 1.807) is 6.20 Å². The molecule has 0 aliphatic carbocycles. The Kier molecular flexibility index (Phi) is 3.79. The molecule has 3 aromatic rings. The zero-order chi connectivity index (χ0) is 14.7. The number of nitrogens with zero attached hydrogens (tertiary/aromatic N) is 4. The maximum Gasteiger partial charge on any atom is 0.0710 e. The van der Waals surface area contributed by atoms with Gasteiger partial charge in [-0.1, -0.05) is 0 Å². The van der Waals surface area contributed by atoms with Crippen molar-refractivity contribution in [1.82, 2.24) is 30.3 Å². The van der Waals surface area contributed by atoms with Crippen LogP contribution in [0.1, 0.15) is 16.8 Å². The maximum absolute atomic E-state index is 4.25. The summed E-state index contributed by atoms with van der Waals surface area (Å²) in [4.78, 5) is 4.14. The first-order chi connectivity index (χ1) is 10.3. The lowest BCUT2D eigenvalue weighted by Gasteiger charge is -2.05. The lowest BCUT2D eigenvalue weighted by atomic mass is 10.1. The molecule has 3 heterocycles. The molecule has 108 valence electrons. The van der Waals surface area contributed by atoms with Crippen LogP contribution >= 0.6 is 0 Å². The van der Waals surface area contributed by atoms with E-state index in [1.807, 2.05) is 42.5 Å². The molecular weight excluding hydrogens is 264 g/mol. The lowest BCUT2D eigenvalue weighted by molar-refractivity contribution is 0.685. The third-order valence-corrected chi connectivity index (χ3v) is 3.64. The number of aromatic nitrogens is 5. The van der Waals surface area contributed by atoms with E-state index in [1.165, 1.54) is 11.3 Å². The molecule has 3 rings (SSSR count). The highest BCUT2D eigenvalue weighted by Crippen LogP contribution is 2.19. The summed E-state index contributed by atoms with van der Waals surface area (Å²) in [7, 11) is 1.95. The van der Waals surface area contributed by atoms with Crippen LogP contribution in [0.25, 0.3) is 11.3 Å².